The minimum Gasteiger partial charge on any atom is -0.497 e. The average Bonchev–Trinajstić information content (AvgIpc) is 2.62. The first-order chi connectivity index (χ1) is 11.9. The molecule has 0 saturated heterocycles. The molecule has 25 heavy (non-hydrogen) atoms. The number of aryl methyl sites for hydroxylation is 1. The molecular weight excluding hydrogens is 342 g/mol. The van der Waals surface area contributed by atoms with Crippen molar-refractivity contribution in [2.24, 2.45) is 0 Å². The molecule has 2 aromatic carbocycles. The number of anilines is 1. The molecule has 7 heteroatoms. The van der Waals surface area contributed by atoms with E-state index in [4.69, 9.17) is 14.2 Å². The Morgan fingerprint density at radius 3 is 2.12 bits per heavy atom. The number of methoxy groups -OCH3 is 3. The normalized spacial score (nSPS) is 11.1. The van der Waals surface area contributed by atoms with E-state index in [-0.39, 0.29) is 11.4 Å². The third-order valence-electron chi connectivity index (χ3n) is 3.90. The molecule has 0 aromatic heterocycles. The maximum Gasteiger partial charge on any atom is 0.264 e. The molecule has 2 aromatic rings. The molecule has 0 spiro atoms. The molecule has 6 nitrogen and oxygen atoms in total. The Kier molecular flexibility index (Phi) is 5.79. The standard InChI is InChI=1S/C18H23NO5S/c1-6-19(16-9-7-14(22-3)12-18(16)24-5)25(20,21)15-8-10-17(23-4)13(2)11-15/h7-12H,6H2,1-5H3. The fourth-order valence-corrected chi connectivity index (χ4v) is 4.17. The van der Waals surface area contributed by atoms with Gasteiger partial charge in [-0.3, -0.25) is 4.31 Å². The predicted molar refractivity (Wildman–Crippen MR) is 97.5 cm³/mol. The van der Waals surface area contributed by atoms with Crippen molar-refractivity contribution in [3.05, 3.63) is 42.0 Å². The lowest BCUT2D eigenvalue weighted by Crippen LogP contribution is -2.31. The van der Waals surface area contributed by atoms with E-state index in [1.165, 1.54) is 11.4 Å². The van der Waals surface area contributed by atoms with Crippen LogP contribution in [0.3, 0.4) is 0 Å². The summed E-state index contributed by atoms with van der Waals surface area (Å²) < 4.78 is 43.3. The van der Waals surface area contributed by atoms with Gasteiger partial charge < -0.3 is 14.2 Å². The number of nitrogens with zero attached hydrogens (tertiary/aromatic N) is 1. The summed E-state index contributed by atoms with van der Waals surface area (Å²) in [5.41, 5.74) is 1.21. The van der Waals surface area contributed by atoms with Crippen LogP contribution >= 0.6 is 0 Å². The van der Waals surface area contributed by atoms with Crippen LogP contribution in [0, 0.1) is 6.92 Å². The summed E-state index contributed by atoms with van der Waals surface area (Å²) >= 11 is 0. The van der Waals surface area contributed by atoms with Gasteiger partial charge in [0.1, 0.15) is 17.2 Å². The molecule has 0 heterocycles. The second kappa shape index (κ2) is 7.65. The summed E-state index contributed by atoms with van der Waals surface area (Å²) in [5.74, 6) is 1.66. The Balaban J connectivity index is 2.54. The van der Waals surface area contributed by atoms with Crippen molar-refractivity contribution in [2.45, 2.75) is 18.7 Å². The molecule has 2 rings (SSSR count). The average molecular weight is 365 g/mol. The van der Waals surface area contributed by atoms with Crippen LogP contribution in [0.2, 0.25) is 0 Å². The minimum atomic E-state index is -3.75. The van der Waals surface area contributed by atoms with E-state index in [1.807, 2.05) is 6.92 Å². The number of hydrogen-bond donors (Lipinski definition) is 0. The number of ether oxygens (including phenoxy) is 3. The summed E-state index contributed by atoms with van der Waals surface area (Å²) in [4.78, 5) is 0.200. The van der Waals surface area contributed by atoms with Crippen molar-refractivity contribution in [3.8, 4) is 17.2 Å². The molecule has 136 valence electrons. The van der Waals surface area contributed by atoms with Gasteiger partial charge in [-0.2, -0.15) is 0 Å². The highest BCUT2D eigenvalue weighted by Gasteiger charge is 2.26. The Morgan fingerprint density at radius 2 is 1.60 bits per heavy atom. The van der Waals surface area contributed by atoms with Gasteiger partial charge in [-0.15, -0.1) is 0 Å². The van der Waals surface area contributed by atoms with E-state index < -0.39 is 10.0 Å². The second-order valence-corrected chi connectivity index (χ2v) is 7.20. The van der Waals surface area contributed by atoms with Crippen LogP contribution in [-0.2, 0) is 10.0 Å². The van der Waals surface area contributed by atoms with Gasteiger partial charge in [0.2, 0.25) is 0 Å². The summed E-state index contributed by atoms with van der Waals surface area (Å²) in [6.45, 7) is 3.84. The molecule has 0 aliphatic carbocycles. The second-order valence-electron chi connectivity index (χ2n) is 5.34. The van der Waals surface area contributed by atoms with Crippen LogP contribution in [0.5, 0.6) is 17.2 Å². The van der Waals surface area contributed by atoms with Gasteiger partial charge in [-0.25, -0.2) is 8.42 Å². The van der Waals surface area contributed by atoms with E-state index in [9.17, 15) is 8.42 Å². The molecular formula is C18H23NO5S. The van der Waals surface area contributed by atoms with Crippen molar-refractivity contribution >= 4 is 15.7 Å². The van der Waals surface area contributed by atoms with Gasteiger partial charge in [0.15, 0.2) is 0 Å². The monoisotopic (exact) mass is 365 g/mol. The highest BCUT2D eigenvalue weighted by molar-refractivity contribution is 7.92. The fourth-order valence-electron chi connectivity index (χ4n) is 2.60. The van der Waals surface area contributed by atoms with E-state index in [0.717, 1.165) is 5.56 Å². The zero-order chi connectivity index (χ0) is 18.6. The zero-order valence-electron chi connectivity index (χ0n) is 15.1. The van der Waals surface area contributed by atoms with Gasteiger partial charge >= 0.3 is 0 Å². The van der Waals surface area contributed by atoms with Gasteiger partial charge in [0.25, 0.3) is 10.0 Å². The SMILES string of the molecule is CCN(c1ccc(OC)cc1OC)S(=O)(=O)c1ccc(OC)c(C)c1. The topological polar surface area (TPSA) is 65.1 Å². The van der Waals surface area contributed by atoms with Crippen molar-refractivity contribution in [2.75, 3.05) is 32.2 Å². The first-order valence-corrected chi connectivity index (χ1v) is 9.22. The quantitative estimate of drug-likeness (QED) is 0.754. The van der Waals surface area contributed by atoms with Gasteiger partial charge in [-0.1, -0.05) is 0 Å². The Labute approximate surface area is 149 Å². The van der Waals surface area contributed by atoms with Crippen LogP contribution in [-0.4, -0.2) is 36.3 Å². The number of benzene rings is 2. The van der Waals surface area contributed by atoms with Crippen LogP contribution in [0.4, 0.5) is 5.69 Å². The van der Waals surface area contributed by atoms with Crippen LogP contribution in [0.15, 0.2) is 41.3 Å². The maximum absolute atomic E-state index is 13.1. The van der Waals surface area contributed by atoms with Crippen LogP contribution in [0.25, 0.3) is 0 Å². The molecule has 0 fully saturated rings. The molecule has 0 amide bonds. The molecule has 0 bridgehead atoms. The molecule has 0 saturated carbocycles. The largest absolute Gasteiger partial charge is 0.497 e. The lowest BCUT2D eigenvalue weighted by atomic mass is 10.2. The first kappa shape index (κ1) is 18.9. The van der Waals surface area contributed by atoms with Crippen molar-refractivity contribution < 1.29 is 22.6 Å². The van der Waals surface area contributed by atoms with Crippen molar-refractivity contribution in [1.29, 1.82) is 0 Å². The van der Waals surface area contributed by atoms with Crippen molar-refractivity contribution in [1.82, 2.24) is 0 Å². The lowest BCUT2D eigenvalue weighted by molar-refractivity contribution is 0.395. The molecule has 0 aliphatic rings. The molecule has 0 radical (unpaired) electrons. The molecule has 0 unspecified atom stereocenters. The minimum absolute atomic E-state index is 0.200. The maximum atomic E-state index is 13.1. The number of sulfonamides is 1. The predicted octanol–water partition coefficient (Wildman–Crippen LogP) is 3.24. The van der Waals surface area contributed by atoms with Crippen molar-refractivity contribution in [3.63, 3.8) is 0 Å². The van der Waals surface area contributed by atoms with Crippen LogP contribution < -0.4 is 18.5 Å². The summed E-state index contributed by atoms with van der Waals surface area (Å²) in [5, 5.41) is 0. The van der Waals surface area contributed by atoms with E-state index in [2.05, 4.69) is 0 Å². The fraction of sp³-hybridized carbons (Fsp3) is 0.333. The van der Waals surface area contributed by atoms with Gasteiger partial charge in [0.05, 0.1) is 31.9 Å². The Morgan fingerprint density at radius 1 is 0.920 bits per heavy atom. The van der Waals surface area contributed by atoms with E-state index in [0.29, 0.717) is 22.9 Å². The molecule has 0 aliphatic heterocycles. The summed E-state index contributed by atoms with van der Waals surface area (Å²) in [6.07, 6.45) is 0. The first-order valence-electron chi connectivity index (χ1n) is 7.78. The number of rotatable bonds is 7. The van der Waals surface area contributed by atoms with Gasteiger partial charge in [-0.05, 0) is 49.7 Å². The van der Waals surface area contributed by atoms with E-state index >= 15 is 0 Å². The molecule has 0 N–H and O–H groups in total. The highest BCUT2D eigenvalue weighted by Crippen LogP contribution is 2.35. The number of hydrogen-bond acceptors (Lipinski definition) is 5. The third-order valence-corrected chi connectivity index (χ3v) is 5.78. The lowest BCUT2D eigenvalue weighted by Gasteiger charge is -2.25. The third kappa shape index (κ3) is 3.66. The summed E-state index contributed by atoms with van der Waals surface area (Å²) in [7, 11) is 0.847. The highest BCUT2D eigenvalue weighted by atomic mass is 32.2. The Bertz CT molecular complexity index is 849. The molecule has 0 atom stereocenters. The zero-order valence-corrected chi connectivity index (χ0v) is 15.9. The van der Waals surface area contributed by atoms with Crippen LogP contribution in [0.1, 0.15) is 12.5 Å². The Hall–Kier alpha value is -2.41. The smallest absolute Gasteiger partial charge is 0.264 e. The van der Waals surface area contributed by atoms with Gasteiger partial charge in [0, 0.05) is 12.6 Å². The van der Waals surface area contributed by atoms with E-state index in [1.54, 1.807) is 57.5 Å². The summed E-state index contributed by atoms with van der Waals surface area (Å²) in [6, 6.07) is 9.84.